The van der Waals surface area contributed by atoms with Crippen molar-refractivity contribution < 1.29 is 19.1 Å². The molecule has 7 heteroatoms. The van der Waals surface area contributed by atoms with E-state index >= 15 is 0 Å². The molecular weight excluding hydrogens is 387 g/mol. The molecule has 0 unspecified atom stereocenters. The van der Waals surface area contributed by atoms with E-state index in [2.05, 4.69) is 33.2 Å². The van der Waals surface area contributed by atoms with Gasteiger partial charge in [-0.25, -0.2) is 9.59 Å². The molecule has 2 aromatic rings. The Kier molecular flexibility index (Phi) is 4.84. The van der Waals surface area contributed by atoms with Gasteiger partial charge in [-0.1, -0.05) is 0 Å². The van der Waals surface area contributed by atoms with Crippen LogP contribution in [0.4, 0.5) is 10.5 Å². The highest BCUT2D eigenvalue weighted by molar-refractivity contribution is 14.1. The smallest absolute Gasteiger partial charge is 0.339 e. The second-order valence-electron chi connectivity index (χ2n) is 4.30. The number of hydrogen-bond acceptors (Lipinski definition) is 3. The van der Waals surface area contributed by atoms with Crippen molar-refractivity contribution in [1.82, 2.24) is 5.32 Å². The Morgan fingerprint density at radius 3 is 2.52 bits per heavy atom. The van der Waals surface area contributed by atoms with Gasteiger partial charge in [0.15, 0.2) is 0 Å². The second-order valence-corrected chi connectivity index (χ2v) is 5.55. The highest BCUT2D eigenvalue weighted by atomic mass is 127. The first kappa shape index (κ1) is 15.4. The van der Waals surface area contributed by atoms with Gasteiger partial charge in [0.25, 0.3) is 0 Å². The molecule has 2 amide bonds. The van der Waals surface area contributed by atoms with Crippen molar-refractivity contribution in [2.45, 2.75) is 13.5 Å². The largest absolute Gasteiger partial charge is 0.478 e. The van der Waals surface area contributed by atoms with Gasteiger partial charge < -0.3 is 20.2 Å². The summed E-state index contributed by atoms with van der Waals surface area (Å²) in [6, 6.07) is 8.36. The van der Waals surface area contributed by atoms with Gasteiger partial charge in [-0.15, -0.1) is 0 Å². The van der Waals surface area contributed by atoms with E-state index in [0.717, 1.165) is 3.57 Å². The van der Waals surface area contributed by atoms with Gasteiger partial charge in [-0.2, -0.15) is 0 Å². The van der Waals surface area contributed by atoms with E-state index in [9.17, 15) is 9.59 Å². The quantitative estimate of drug-likeness (QED) is 0.688. The molecule has 3 N–H and O–H groups in total. The number of benzene rings is 1. The van der Waals surface area contributed by atoms with Gasteiger partial charge in [0.05, 0.1) is 6.54 Å². The summed E-state index contributed by atoms with van der Waals surface area (Å²) in [6.07, 6.45) is 0. The van der Waals surface area contributed by atoms with Crippen LogP contribution in [0.25, 0.3) is 0 Å². The molecule has 0 aliphatic rings. The molecule has 21 heavy (non-hydrogen) atoms. The summed E-state index contributed by atoms with van der Waals surface area (Å²) in [6.45, 7) is 1.68. The molecule has 0 aliphatic heterocycles. The number of nitrogens with one attached hydrogen (secondary N) is 2. The Labute approximate surface area is 134 Å². The van der Waals surface area contributed by atoms with Crippen molar-refractivity contribution in [2.75, 3.05) is 5.32 Å². The monoisotopic (exact) mass is 400 g/mol. The standard InChI is InChI=1S/C14H13IN2O4/c1-8-12(13(18)19)6-11(21-8)7-16-14(20)17-10-4-2-9(15)3-5-10/h2-6H,7H2,1H3,(H,18,19)(H2,16,17,20). The zero-order chi connectivity index (χ0) is 15.4. The van der Waals surface area contributed by atoms with E-state index in [1.54, 1.807) is 19.1 Å². The maximum absolute atomic E-state index is 11.7. The highest BCUT2D eigenvalue weighted by Crippen LogP contribution is 2.14. The van der Waals surface area contributed by atoms with Gasteiger partial charge in [0.2, 0.25) is 0 Å². The Bertz CT molecular complexity index is 664. The lowest BCUT2D eigenvalue weighted by Crippen LogP contribution is -2.27. The van der Waals surface area contributed by atoms with Crippen LogP contribution in [0.2, 0.25) is 0 Å². The number of carboxylic acids is 1. The molecule has 2 rings (SSSR count). The number of furan rings is 1. The minimum atomic E-state index is -1.05. The van der Waals surface area contributed by atoms with Gasteiger partial charge in [-0.05, 0) is 59.8 Å². The van der Waals surface area contributed by atoms with E-state index in [1.165, 1.54) is 6.07 Å². The topological polar surface area (TPSA) is 91.6 Å². The fourth-order valence-electron chi connectivity index (χ4n) is 1.72. The number of urea groups is 1. The molecule has 110 valence electrons. The van der Waals surface area contributed by atoms with Crippen LogP contribution in [-0.2, 0) is 6.54 Å². The third-order valence-electron chi connectivity index (χ3n) is 2.72. The first-order valence-corrected chi connectivity index (χ1v) is 7.16. The number of rotatable bonds is 4. The van der Waals surface area contributed by atoms with Crippen LogP contribution >= 0.6 is 22.6 Å². The van der Waals surface area contributed by atoms with Crippen LogP contribution in [0.3, 0.4) is 0 Å². The van der Waals surface area contributed by atoms with Gasteiger partial charge in [0.1, 0.15) is 17.1 Å². The summed E-state index contributed by atoms with van der Waals surface area (Å²) in [5.41, 5.74) is 0.777. The van der Waals surface area contributed by atoms with Crippen molar-refractivity contribution in [3.63, 3.8) is 0 Å². The predicted molar refractivity (Wildman–Crippen MR) is 85.4 cm³/mol. The fourth-order valence-corrected chi connectivity index (χ4v) is 2.08. The summed E-state index contributed by atoms with van der Waals surface area (Å²) >= 11 is 2.18. The molecule has 0 saturated heterocycles. The lowest BCUT2D eigenvalue weighted by Gasteiger charge is -2.06. The molecule has 6 nitrogen and oxygen atoms in total. The summed E-state index contributed by atoms with van der Waals surface area (Å²) < 4.78 is 6.34. The van der Waals surface area contributed by atoms with Crippen molar-refractivity contribution in [1.29, 1.82) is 0 Å². The minimum Gasteiger partial charge on any atom is -0.478 e. The molecule has 0 aliphatic carbocycles. The van der Waals surface area contributed by atoms with Gasteiger partial charge >= 0.3 is 12.0 Å². The van der Waals surface area contributed by atoms with Crippen LogP contribution in [0, 0.1) is 10.5 Å². The van der Waals surface area contributed by atoms with Gasteiger partial charge in [0, 0.05) is 9.26 Å². The number of aromatic carboxylic acids is 1. The highest BCUT2D eigenvalue weighted by Gasteiger charge is 2.14. The Hall–Kier alpha value is -2.03. The fraction of sp³-hybridized carbons (Fsp3) is 0.143. The molecule has 1 heterocycles. The molecule has 0 radical (unpaired) electrons. The number of hydrogen-bond donors (Lipinski definition) is 3. The number of halogens is 1. The Morgan fingerprint density at radius 1 is 1.29 bits per heavy atom. The number of anilines is 1. The number of aryl methyl sites for hydroxylation is 1. The normalized spacial score (nSPS) is 10.2. The van der Waals surface area contributed by atoms with Crippen LogP contribution in [0.5, 0.6) is 0 Å². The molecule has 1 aromatic carbocycles. The number of carbonyl (C=O) groups excluding carboxylic acids is 1. The summed E-state index contributed by atoms with van der Waals surface area (Å²) in [7, 11) is 0. The number of carbonyl (C=O) groups is 2. The second kappa shape index (κ2) is 6.61. The third-order valence-corrected chi connectivity index (χ3v) is 3.44. The average molecular weight is 400 g/mol. The first-order chi connectivity index (χ1) is 9.95. The van der Waals surface area contributed by atoms with E-state index in [4.69, 9.17) is 9.52 Å². The molecule has 0 fully saturated rings. The lowest BCUT2D eigenvalue weighted by molar-refractivity contribution is 0.0695. The molecule has 0 bridgehead atoms. The van der Waals surface area contributed by atoms with E-state index in [-0.39, 0.29) is 18.1 Å². The predicted octanol–water partition coefficient (Wildman–Crippen LogP) is 3.21. The zero-order valence-corrected chi connectivity index (χ0v) is 13.3. The number of amides is 2. The van der Waals surface area contributed by atoms with Crippen molar-refractivity contribution in [3.05, 3.63) is 51.0 Å². The number of carboxylic acid groups (broad SMARTS) is 1. The maximum atomic E-state index is 11.7. The van der Waals surface area contributed by atoms with Crippen molar-refractivity contribution >= 4 is 40.3 Å². The minimum absolute atomic E-state index is 0.102. The Balaban J connectivity index is 1.90. The van der Waals surface area contributed by atoms with E-state index in [1.807, 2.05) is 12.1 Å². The summed E-state index contributed by atoms with van der Waals surface area (Å²) in [5, 5.41) is 14.2. The zero-order valence-electron chi connectivity index (χ0n) is 11.1. The van der Waals surface area contributed by atoms with E-state index in [0.29, 0.717) is 17.2 Å². The lowest BCUT2D eigenvalue weighted by atomic mass is 10.2. The van der Waals surface area contributed by atoms with Crippen molar-refractivity contribution in [2.24, 2.45) is 0 Å². The third kappa shape index (κ3) is 4.22. The Morgan fingerprint density at radius 2 is 1.95 bits per heavy atom. The van der Waals surface area contributed by atoms with Crippen LogP contribution in [-0.4, -0.2) is 17.1 Å². The molecule has 1 aromatic heterocycles. The van der Waals surface area contributed by atoms with E-state index < -0.39 is 5.97 Å². The molecule has 0 spiro atoms. The van der Waals surface area contributed by atoms with Crippen LogP contribution in [0.1, 0.15) is 21.9 Å². The van der Waals surface area contributed by atoms with Crippen LogP contribution < -0.4 is 10.6 Å². The SMILES string of the molecule is Cc1oc(CNC(=O)Nc2ccc(I)cc2)cc1C(=O)O. The summed E-state index contributed by atoms with van der Waals surface area (Å²) in [4.78, 5) is 22.6. The first-order valence-electron chi connectivity index (χ1n) is 6.08. The summed E-state index contributed by atoms with van der Waals surface area (Å²) in [5.74, 6) is -0.342. The average Bonchev–Trinajstić information content (AvgIpc) is 2.81. The molecular formula is C14H13IN2O4. The maximum Gasteiger partial charge on any atom is 0.339 e. The molecule has 0 saturated carbocycles. The van der Waals surface area contributed by atoms with Crippen LogP contribution in [0.15, 0.2) is 34.7 Å². The van der Waals surface area contributed by atoms with Gasteiger partial charge in [-0.3, -0.25) is 0 Å². The van der Waals surface area contributed by atoms with Crippen molar-refractivity contribution in [3.8, 4) is 0 Å². The molecule has 0 atom stereocenters.